The molecule has 0 radical (unpaired) electrons. The Kier molecular flexibility index (Phi) is 7.74. The van der Waals surface area contributed by atoms with E-state index in [1.807, 2.05) is 36.4 Å². The topological polar surface area (TPSA) is 56.6 Å². The van der Waals surface area contributed by atoms with E-state index >= 15 is 0 Å². The molecule has 0 spiro atoms. The molecule has 1 heterocycles. The van der Waals surface area contributed by atoms with Crippen molar-refractivity contribution in [3.05, 3.63) is 99.5 Å². The van der Waals surface area contributed by atoms with Gasteiger partial charge in [-0.1, -0.05) is 59.6 Å². The average molecular weight is 492 g/mol. The Morgan fingerprint density at radius 3 is 2.32 bits per heavy atom. The first kappa shape index (κ1) is 23.7. The minimum absolute atomic E-state index is 0.120. The highest BCUT2D eigenvalue weighted by molar-refractivity contribution is 6.35. The van der Waals surface area contributed by atoms with Gasteiger partial charge in [-0.15, -0.1) is 0 Å². The molecule has 5 nitrogen and oxygen atoms in total. The van der Waals surface area contributed by atoms with Crippen LogP contribution in [0.25, 0.3) is 6.08 Å². The number of nitriles is 1. The van der Waals surface area contributed by atoms with Crippen LogP contribution in [0.1, 0.15) is 11.1 Å². The van der Waals surface area contributed by atoms with E-state index in [0.717, 1.165) is 29.9 Å². The fourth-order valence-electron chi connectivity index (χ4n) is 3.75. The third kappa shape index (κ3) is 5.91. The van der Waals surface area contributed by atoms with Crippen LogP contribution in [0.2, 0.25) is 10.0 Å². The zero-order valence-corrected chi connectivity index (χ0v) is 20.0. The summed E-state index contributed by atoms with van der Waals surface area (Å²) in [5.41, 5.74) is 2.85. The molecule has 0 aromatic heterocycles. The SMILES string of the molecule is N#C/C(=C/c1ccc(OCc2ccc(Cl)cc2Cl)cc1)C(=O)N1CCN(c2ccccc2)CC1. The van der Waals surface area contributed by atoms with E-state index in [1.54, 1.807) is 35.2 Å². The van der Waals surface area contributed by atoms with Crippen LogP contribution in [0.4, 0.5) is 5.69 Å². The largest absolute Gasteiger partial charge is 0.489 e. The third-order valence-corrected chi connectivity index (χ3v) is 6.23. The Balaban J connectivity index is 1.35. The van der Waals surface area contributed by atoms with Crippen molar-refractivity contribution in [3.63, 3.8) is 0 Å². The average Bonchev–Trinajstić information content (AvgIpc) is 2.88. The molecule has 1 aliphatic heterocycles. The number of benzene rings is 3. The van der Waals surface area contributed by atoms with Gasteiger partial charge in [0.05, 0.1) is 0 Å². The van der Waals surface area contributed by atoms with E-state index in [1.165, 1.54) is 0 Å². The Labute approximate surface area is 209 Å². The molecule has 1 fully saturated rings. The van der Waals surface area contributed by atoms with E-state index in [0.29, 0.717) is 35.5 Å². The fraction of sp³-hybridized carbons (Fsp3) is 0.185. The molecule has 172 valence electrons. The second-order valence-corrected chi connectivity index (χ2v) is 8.72. The standard InChI is InChI=1S/C27H23Cl2N3O2/c28-23-9-8-21(26(29)17-23)19-34-25-10-6-20(7-11-25)16-22(18-30)27(33)32-14-12-31(13-15-32)24-4-2-1-3-5-24/h1-11,16-17H,12-15,19H2/b22-16-. The molecular formula is C27H23Cl2N3O2. The summed E-state index contributed by atoms with van der Waals surface area (Å²) >= 11 is 12.1. The summed E-state index contributed by atoms with van der Waals surface area (Å²) in [6.07, 6.45) is 1.62. The molecular weight excluding hydrogens is 469 g/mol. The van der Waals surface area contributed by atoms with Crippen LogP contribution >= 0.6 is 23.2 Å². The lowest BCUT2D eigenvalue weighted by Crippen LogP contribution is -2.49. The second-order valence-electron chi connectivity index (χ2n) is 7.88. The van der Waals surface area contributed by atoms with E-state index in [9.17, 15) is 10.1 Å². The number of hydrogen-bond donors (Lipinski definition) is 0. The molecule has 3 aromatic rings. The van der Waals surface area contributed by atoms with Gasteiger partial charge in [-0.2, -0.15) is 5.26 Å². The number of amides is 1. The summed E-state index contributed by atoms with van der Waals surface area (Å²) in [6.45, 7) is 2.93. The predicted octanol–water partition coefficient (Wildman–Crippen LogP) is 5.83. The number of para-hydroxylation sites is 1. The van der Waals surface area contributed by atoms with Crippen molar-refractivity contribution in [2.45, 2.75) is 6.61 Å². The van der Waals surface area contributed by atoms with Crippen LogP contribution in [0, 0.1) is 11.3 Å². The Hall–Kier alpha value is -3.46. The molecule has 1 saturated heterocycles. The van der Waals surface area contributed by atoms with E-state index in [4.69, 9.17) is 27.9 Å². The second kappa shape index (κ2) is 11.1. The molecule has 0 bridgehead atoms. The lowest BCUT2D eigenvalue weighted by molar-refractivity contribution is -0.126. The number of carbonyl (C=O) groups is 1. The number of nitrogens with zero attached hydrogens (tertiary/aromatic N) is 3. The van der Waals surface area contributed by atoms with Gasteiger partial charge in [0.15, 0.2) is 0 Å². The van der Waals surface area contributed by atoms with Crippen LogP contribution in [0.3, 0.4) is 0 Å². The molecule has 7 heteroatoms. The van der Waals surface area contributed by atoms with Crippen LogP contribution in [-0.2, 0) is 11.4 Å². The van der Waals surface area contributed by atoms with Gasteiger partial charge in [0.1, 0.15) is 24.0 Å². The Bertz CT molecular complexity index is 1210. The van der Waals surface area contributed by atoms with Gasteiger partial charge in [0, 0.05) is 47.5 Å². The molecule has 1 amide bonds. The number of anilines is 1. The van der Waals surface area contributed by atoms with Crippen molar-refractivity contribution < 1.29 is 9.53 Å². The molecule has 0 atom stereocenters. The molecule has 0 saturated carbocycles. The van der Waals surface area contributed by atoms with Gasteiger partial charge in [0.2, 0.25) is 0 Å². The highest BCUT2D eigenvalue weighted by Crippen LogP contribution is 2.23. The Morgan fingerprint density at radius 1 is 0.971 bits per heavy atom. The molecule has 1 aliphatic rings. The maximum Gasteiger partial charge on any atom is 0.264 e. The van der Waals surface area contributed by atoms with Gasteiger partial charge < -0.3 is 14.5 Å². The molecule has 4 rings (SSSR count). The lowest BCUT2D eigenvalue weighted by atomic mass is 10.1. The van der Waals surface area contributed by atoms with Crippen LogP contribution in [0.15, 0.2) is 78.4 Å². The first-order valence-electron chi connectivity index (χ1n) is 10.9. The van der Waals surface area contributed by atoms with Crippen LogP contribution in [-0.4, -0.2) is 37.0 Å². The normalized spacial score (nSPS) is 14.0. The monoisotopic (exact) mass is 491 g/mol. The summed E-state index contributed by atoms with van der Waals surface area (Å²) in [7, 11) is 0. The summed E-state index contributed by atoms with van der Waals surface area (Å²) in [5, 5.41) is 10.7. The quantitative estimate of drug-likeness (QED) is 0.321. The molecule has 34 heavy (non-hydrogen) atoms. The van der Waals surface area contributed by atoms with Crippen molar-refractivity contribution in [1.29, 1.82) is 5.26 Å². The zero-order chi connectivity index (χ0) is 23.9. The van der Waals surface area contributed by atoms with E-state index < -0.39 is 0 Å². The number of rotatable bonds is 6. The van der Waals surface area contributed by atoms with E-state index in [2.05, 4.69) is 23.1 Å². The first-order chi connectivity index (χ1) is 16.5. The van der Waals surface area contributed by atoms with Gasteiger partial charge in [-0.05, 0) is 48.0 Å². The van der Waals surface area contributed by atoms with Gasteiger partial charge in [0.25, 0.3) is 5.91 Å². The van der Waals surface area contributed by atoms with Gasteiger partial charge >= 0.3 is 0 Å². The van der Waals surface area contributed by atoms with E-state index in [-0.39, 0.29) is 11.5 Å². The minimum Gasteiger partial charge on any atom is -0.489 e. The summed E-state index contributed by atoms with van der Waals surface area (Å²) < 4.78 is 5.80. The van der Waals surface area contributed by atoms with Gasteiger partial charge in [-0.25, -0.2) is 0 Å². The molecule has 3 aromatic carbocycles. The van der Waals surface area contributed by atoms with Crippen LogP contribution in [0.5, 0.6) is 5.75 Å². The zero-order valence-electron chi connectivity index (χ0n) is 18.5. The van der Waals surface area contributed by atoms with Crippen molar-refractivity contribution in [2.24, 2.45) is 0 Å². The third-order valence-electron chi connectivity index (χ3n) is 5.64. The van der Waals surface area contributed by atoms with Crippen LogP contribution < -0.4 is 9.64 Å². The van der Waals surface area contributed by atoms with Crippen molar-refractivity contribution in [2.75, 3.05) is 31.1 Å². The lowest BCUT2D eigenvalue weighted by Gasteiger charge is -2.36. The maximum atomic E-state index is 12.9. The highest BCUT2D eigenvalue weighted by atomic mass is 35.5. The highest BCUT2D eigenvalue weighted by Gasteiger charge is 2.23. The maximum absolute atomic E-state index is 12.9. The smallest absolute Gasteiger partial charge is 0.264 e. The molecule has 0 unspecified atom stereocenters. The van der Waals surface area contributed by atoms with Crippen molar-refractivity contribution >= 4 is 40.9 Å². The number of ether oxygens (including phenoxy) is 1. The molecule has 0 aliphatic carbocycles. The number of carbonyl (C=O) groups excluding carboxylic acids is 1. The van der Waals surface area contributed by atoms with Crippen molar-refractivity contribution in [1.82, 2.24) is 4.90 Å². The summed E-state index contributed by atoms with van der Waals surface area (Å²) in [5.74, 6) is 0.415. The van der Waals surface area contributed by atoms with Gasteiger partial charge in [-0.3, -0.25) is 4.79 Å². The summed E-state index contributed by atoms with van der Waals surface area (Å²) in [6, 6.07) is 24.7. The minimum atomic E-state index is -0.243. The first-order valence-corrected chi connectivity index (χ1v) is 11.7. The predicted molar refractivity (Wildman–Crippen MR) is 136 cm³/mol. The number of piperazine rings is 1. The number of halogens is 2. The fourth-order valence-corrected chi connectivity index (χ4v) is 4.21. The summed E-state index contributed by atoms with van der Waals surface area (Å²) in [4.78, 5) is 16.9. The number of hydrogen-bond acceptors (Lipinski definition) is 4. The Morgan fingerprint density at radius 2 is 1.68 bits per heavy atom. The molecule has 0 N–H and O–H groups in total. The van der Waals surface area contributed by atoms with Crippen molar-refractivity contribution in [3.8, 4) is 11.8 Å².